The van der Waals surface area contributed by atoms with E-state index < -0.39 is 28.1 Å². The number of hydrogen-bond acceptors (Lipinski definition) is 8. The predicted octanol–water partition coefficient (Wildman–Crippen LogP) is 5.10. The summed E-state index contributed by atoms with van der Waals surface area (Å²) in [5.41, 5.74) is 1.04. The topological polar surface area (TPSA) is 138 Å². The highest BCUT2D eigenvalue weighted by Crippen LogP contribution is 2.29. The highest BCUT2D eigenvalue weighted by molar-refractivity contribution is 7.89. The summed E-state index contributed by atoms with van der Waals surface area (Å²) in [6, 6.07) is 13.5. The van der Waals surface area contributed by atoms with E-state index in [1.54, 1.807) is 42.2 Å². The Balaban J connectivity index is 1.65. The number of aliphatic hydroxyl groups is 1. The number of carbonyl (C=O) groups is 2. The number of benzene rings is 2. The third-order valence-electron chi connectivity index (χ3n) is 8.21. The van der Waals surface area contributed by atoms with Crippen LogP contribution in [0.4, 0.5) is 5.69 Å². The van der Waals surface area contributed by atoms with Crippen LogP contribution in [0.15, 0.2) is 71.9 Å². The van der Waals surface area contributed by atoms with Gasteiger partial charge < -0.3 is 24.8 Å². The van der Waals surface area contributed by atoms with Crippen molar-refractivity contribution in [3.05, 3.63) is 83.1 Å². The standard InChI is InChI=1S/C34H43ClN4O7S/c1-23-20-39(24(2)22-40)34(42)30-19-28(37-33(41)26-14-16-36-17-15-26)10-13-31(30)46-25(3)7-5-6-18-45-32(23)21-38(4)47(43,44)29-11-8-27(35)9-12-29/h8-17,19,23-25,32,40H,5-7,18,20-22H2,1-4H3,(H,37,41)/t23-,24+,25-,32+/m1/s1. The molecule has 1 aromatic heterocycles. The van der Waals surface area contributed by atoms with Gasteiger partial charge in [-0.15, -0.1) is 0 Å². The molecule has 13 heteroatoms. The third kappa shape index (κ3) is 9.51. The Bertz CT molecular complexity index is 1610. The summed E-state index contributed by atoms with van der Waals surface area (Å²) in [6.45, 7) is 5.85. The molecular weight excluding hydrogens is 644 g/mol. The largest absolute Gasteiger partial charge is 0.490 e. The summed E-state index contributed by atoms with van der Waals surface area (Å²) in [4.78, 5) is 32.8. The Hall–Kier alpha value is -3.55. The smallest absolute Gasteiger partial charge is 0.258 e. The molecule has 0 fully saturated rings. The summed E-state index contributed by atoms with van der Waals surface area (Å²) >= 11 is 5.98. The van der Waals surface area contributed by atoms with E-state index in [1.807, 2.05) is 13.8 Å². The molecule has 254 valence electrons. The monoisotopic (exact) mass is 686 g/mol. The van der Waals surface area contributed by atoms with E-state index in [0.717, 1.165) is 12.8 Å². The van der Waals surface area contributed by atoms with Gasteiger partial charge in [0.15, 0.2) is 0 Å². The van der Waals surface area contributed by atoms with Crippen LogP contribution in [0.1, 0.15) is 60.7 Å². The summed E-state index contributed by atoms with van der Waals surface area (Å²) in [5.74, 6) is -0.733. The van der Waals surface area contributed by atoms with Gasteiger partial charge in [0, 0.05) is 61.3 Å². The minimum absolute atomic E-state index is 0.0446. The molecule has 4 rings (SSSR count). The number of amides is 2. The lowest BCUT2D eigenvalue weighted by atomic mass is 10.0. The lowest BCUT2D eigenvalue weighted by Gasteiger charge is -2.35. The van der Waals surface area contributed by atoms with E-state index >= 15 is 0 Å². The SMILES string of the molecule is C[C@@H]1CCCCO[C@@H](CN(C)S(=O)(=O)c2ccc(Cl)cc2)[C@H](C)CN([C@@H](C)CO)C(=O)c2cc(NC(=O)c3ccncc3)ccc2O1. The zero-order valence-corrected chi connectivity index (χ0v) is 28.7. The van der Waals surface area contributed by atoms with Gasteiger partial charge >= 0.3 is 0 Å². The van der Waals surface area contributed by atoms with Crippen molar-refractivity contribution in [1.82, 2.24) is 14.2 Å². The van der Waals surface area contributed by atoms with Gasteiger partial charge in [0.05, 0.1) is 35.3 Å². The van der Waals surface area contributed by atoms with Crippen LogP contribution in [0, 0.1) is 5.92 Å². The first kappa shape index (κ1) is 36.3. The predicted molar refractivity (Wildman–Crippen MR) is 180 cm³/mol. The number of likely N-dealkylation sites (N-methyl/N-ethyl adjacent to an activating group) is 1. The van der Waals surface area contributed by atoms with Crippen molar-refractivity contribution in [3.63, 3.8) is 0 Å². The lowest BCUT2D eigenvalue weighted by molar-refractivity contribution is -0.00834. The van der Waals surface area contributed by atoms with Gasteiger partial charge in [-0.3, -0.25) is 14.6 Å². The van der Waals surface area contributed by atoms with Crippen molar-refractivity contribution in [2.45, 2.75) is 63.2 Å². The number of halogens is 1. The molecule has 0 bridgehead atoms. The van der Waals surface area contributed by atoms with Crippen LogP contribution < -0.4 is 10.1 Å². The molecule has 0 spiro atoms. The highest BCUT2D eigenvalue weighted by Gasteiger charge is 2.32. The van der Waals surface area contributed by atoms with Crippen LogP contribution in [0.5, 0.6) is 5.75 Å². The Morgan fingerprint density at radius 1 is 1.13 bits per heavy atom. The molecule has 2 amide bonds. The molecule has 11 nitrogen and oxygen atoms in total. The number of ether oxygens (including phenoxy) is 2. The van der Waals surface area contributed by atoms with Gasteiger partial charge in [0.1, 0.15) is 5.75 Å². The van der Waals surface area contributed by atoms with E-state index in [9.17, 15) is 23.1 Å². The van der Waals surface area contributed by atoms with Crippen molar-refractivity contribution in [3.8, 4) is 5.75 Å². The summed E-state index contributed by atoms with van der Waals surface area (Å²) < 4.78 is 40.6. The number of aliphatic hydroxyl groups excluding tert-OH is 1. The number of nitrogens with zero attached hydrogens (tertiary/aromatic N) is 3. The minimum atomic E-state index is -3.85. The maximum atomic E-state index is 14.3. The number of carbonyl (C=O) groups excluding carboxylic acids is 2. The second kappa shape index (κ2) is 16.5. The molecule has 0 aliphatic carbocycles. The number of nitrogens with one attached hydrogen (secondary N) is 1. The Morgan fingerprint density at radius 3 is 2.51 bits per heavy atom. The number of aromatic nitrogens is 1. The molecule has 0 saturated heterocycles. The third-order valence-corrected chi connectivity index (χ3v) is 10.3. The molecule has 47 heavy (non-hydrogen) atoms. The fourth-order valence-electron chi connectivity index (χ4n) is 5.31. The van der Waals surface area contributed by atoms with Crippen LogP contribution in [0.25, 0.3) is 0 Å². The van der Waals surface area contributed by atoms with Crippen molar-refractivity contribution in [2.75, 3.05) is 38.7 Å². The zero-order valence-electron chi connectivity index (χ0n) is 27.1. The molecule has 2 heterocycles. The maximum Gasteiger partial charge on any atom is 0.258 e. The maximum absolute atomic E-state index is 14.3. The fraction of sp³-hybridized carbons (Fsp3) is 0.441. The van der Waals surface area contributed by atoms with Crippen LogP contribution in [0.3, 0.4) is 0 Å². The molecule has 2 N–H and O–H groups in total. The van der Waals surface area contributed by atoms with Crippen LogP contribution in [-0.4, -0.2) is 91.1 Å². The van der Waals surface area contributed by atoms with Crippen LogP contribution in [-0.2, 0) is 14.8 Å². The summed E-state index contributed by atoms with van der Waals surface area (Å²) in [7, 11) is -2.35. The number of sulfonamides is 1. The van der Waals surface area contributed by atoms with E-state index in [4.69, 9.17) is 21.1 Å². The average Bonchev–Trinajstić information content (AvgIpc) is 3.06. The number of hydrogen-bond donors (Lipinski definition) is 2. The normalized spacial score (nSPS) is 20.5. The molecule has 0 saturated carbocycles. The van der Waals surface area contributed by atoms with Crippen LogP contribution >= 0.6 is 11.6 Å². The van der Waals surface area contributed by atoms with Gasteiger partial charge in [0.25, 0.3) is 11.8 Å². The first-order valence-electron chi connectivity index (χ1n) is 15.7. The lowest BCUT2D eigenvalue weighted by Crippen LogP contribution is -2.48. The highest BCUT2D eigenvalue weighted by atomic mass is 35.5. The molecular formula is C34H43ClN4O7S. The molecule has 1 aliphatic heterocycles. The van der Waals surface area contributed by atoms with Crippen molar-refractivity contribution >= 4 is 39.1 Å². The van der Waals surface area contributed by atoms with Crippen molar-refractivity contribution in [2.24, 2.45) is 5.92 Å². The molecule has 3 aromatic rings. The minimum Gasteiger partial charge on any atom is -0.490 e. The van der Waals surface area contributed by atoms with E-state index in [0.29, 0.717) is 35.1 Å². The fourth-order valence-corrected chi connectivity index (χ4v) is 6.62. The number of fused-ring (bicyclic) bond motifs is 1. The number of anilines is 1. The second-order valence-corrected chi connectivity index (χ2v) is 14.4. The van der Waals surface area contributed by atoms with E-state index in [-0.39, 0.29) is 48.1 Å². The second-order valence-electron chi connectivity index (χ2n) is 11.9. The average molecular weight is 687 g/mol. The van der Waals surface area contributed by atoms with E-state index in [1.165, 1.54) is 48.0 Å². The molecule has 2 aromatic carbocycles. The van der Waals surface area contributed by atoms with Crippen LogP contribution in [0.2, 0.25) is 5.02 Å². The molecule has 0 radical (unpaired) electrons. The van der Waals surface area contributed by atoms with Crippen molar-refractivity contribution in [1.29, 1.82) is 0 Å². The van der Waals surface area contributed by atoms with Gasteiger partial charge in [0.2, 0.25) is 10.0 Å². The first-order valence-corrected chi connectivity index (χ1v) is 17.5. The number of pyridine rings is 1. The zero-order chi connectivity index (χ0) is 34.1. The van der Waals surface area contributed by atoms with Gasteiger partial charge in [-0.05, 0) is 87.7 Å². The van der Waals surface area contributed by atoms with Gasteiger partial charge in [-0.1, -0.05) is 18.5 Å². The Kier molecular flexibility index (Phi) is 12.8. The van der Waals surface area contributed by atoms with Crippen molar-refractivity contribution < 1.29 is 32.6 Å². The molecule has 4 atom stereocenters. The molecule has 0 unspecified atom stereocenters. The summed E-state index contributed by atoms with van der Waals surface area (Å²) in [6.07, 6.45) is 4.47. The number of rotatable bonds is 8. The van der Waals surface area contributed by atoms with E-state index in [2.05, 4.69) is 10.3 Å². The molecule has 1 aliphatic rings. The summed E-state index contributed by atoms with van der Waals surface area (Å²) in [5, 5.41) is 13.5. The van der Waals surface area contributed by atoms with Gasteiger partial charge in [-0.2, -0.15) is 4.31 Å². The quantitative estimate of drug-likeness (QED) is 0.334. The Morgan fingerprint density at radius 2 is 1.83 bits per heavy atom. The van der Waals surface area contributed by atoms with Gasteiger partial charge in [-0.25, -0.2) is 8.42 Å². The first-order chi connectivity index (χ1) is 22.4. The Labute approximate surface area is 281 Å².